The maximum absolute atomic E-state index is 11.8. The maximum Gasteiger partial charge on any atom is 0.163 e. The molecule has 2 aliphatic rings. The summed E-state index contributed by atoms with van der Waals surface area (Å²) in [6, 6.07) is 3.83. The molecule has 1 aromatic carbocycles. The summed E-state index contributed by atoms with van der Waals surface area (Å²) < 4.78 is 1.93. The van der Waals surface area contributed by atoms with Gasteiger partial charge in [0.05, 0.1) is 22.7 Å². The molecule has 0 bridgehead atoms. The summed E-state index contributed by atoms with van der Waals surface area (Å²) in [4.78, 5) is 16.2. The van der Waals surface area contributed by atoms with E-state index in [4.69, 9.17) is 11.6 Å². The molecular weight excluding hydrogens is 260 g/mol. The lowest BCUT2D eigenvalue weighted by atomic mass is 10.1. The number of hydrogen-bond acceptors (Lipinski definition) is 2. The molecule has 2 aromatic rings. The van der Waals surface area contributed by atoms with Crippen molar-refractivity contribution in [2.24, 2.45) is 0 Å². The number of carbonyl (C=O) groups excluding carboxylic acids is 1. The van der Waals surface area contributed by atoms with E-state index in [2.05, 4.69) is 4.98 Å². The number of hydrogen-bond donors (Lipinski definition) is 0. The molecule has 0 aliphatic heterocycles. The second kappa shape index (κ2) is 3.94. The number of aryl methyl sites for hydroxylation is 1. The van der Waals surface area contributed by atoms with Gasteiger partial charge in [0.25, 0.3) is 0 Å². The van der Waals surface area contributed by atoms with E-state index in [1.807, 2.05) is 22.9 Å². The average Bonchev–Trinajstić information content (AvgIpc) is 3.04. The molecule has 0 N–H and O–H groups in total. The zero-order valence-corrected chi connectivity index (χ0v) is 11.2. The molecule has 1 fully saturated rings. The number of ketones is 1. The summed E-state index contributed by atoms with van der Waals surface area (Å²) in [5.74, 6) is 0.839. The third-order valence-corrected chi connectivity index (χ3v) is 4.27. The second-order valence-corrected chi connectivity index (χ2v) is 5.77. The van der Waals surface area contributed by atoms with Crippen molar-refractivity contribution in [3.05, 3.63) is 46.5 Å². The predicted molar refractivity (Wildman–Crippen MR) is 73.2 cm³/mol. The van der Waals surface area contributed by atoms with E-state index in [1.54, 1.807) is 6.33 Å². The highest BCUT2D eigenvalue weighted by Crippen LogP contribution is 2.39. The Hall–Kier alpha value is -1.61. The first-order valence-corrected chi connectivity index (χ1v) is 7.00. The van der Waals surface area contributed by atoms with Crippen LogP contribution in [0.2, 0.25) is 5.02 Å². The Bertz CT molecular complexity index is 685. The van der Waals surface area contributed by atoms with Crippen LogP contribution in [0.3, 0.4) is 0 Å². The predicted octanol–water partition coefficient (Wildman–Crippen LogP) is 3.53. The number of halogens is 1. The number of rotatable bonds is 2. The van der Waals surface area contributed by atoms with Crippen LogP contribution in [0, 0.1) is 0 Å². The Balaban J connectivity index is 1.81. The minimum atomic E-state index is 0.218. The zero-order valence-electron chi connectivity index (χ0n) is 10.4. The number of benzene rings is 1. The minimum absolute atomic E-state index is 0.218. The van der Waals surface area contributed by atoms with Crippen molar-refractivity contribution in [1.29, 1.82) is 0 Å². The molecule has 0 amide bonds. The van der Waals surface area contributed by atoms with E-state index in [9.17, 15) is 4.79 Å². The average molecular weight is 273 g/mol. The number of aromatic nitrogens is 2. The van der Waals surface area contributed by atoms with Crippen LogP contribution in [-0.4, -0.2) is 15.3 Å². The second-order valence-electron chi connectivity index (χ2n) is 5.36. The van der Waals surface area contributed by atoms with Crippen LogP contribution >= 0.6 is 11.6 Å². The highest BCUT2D eigenvalue weighted by atomic mass is 35.5. The Labute approximate surface area is 116 Å². The van der Waals surface area contributed by atoms with Crippen LogP contribution in [0.15, 0.2) is 24.7 Å². The van der Waals surface area contributed by atoms with Crippen molar-refractivity contribution in [2.75, 3.05) is 0 Å². The van der Waals surface area contributed by atoms with E-state index in [1.165, 1.54) is 12.8 Å². The van der Waals surface area contributed by atoms with E-state index in [0.717, 1.165) is 28.9 Å². The smallest absolute Gasteiger partial charge is 0.163 e. The van der Waals surface area contributed by atoms with E-state index < -0.39 is 0 Å². The number of Topliss-reactive ketones (excluding diaryl/α,β-unsaturated/α-hetero) is 1. The standard InChI is InChI=1S/C15H13ClN2O/c16-12-5-10-3-4-15(19)11(10)6-14(12)18-7-13(17-8-18)9-1-2-9/h5-9H,1-4H2. The first-order chi connectivity index (χ1) is 9.22. The van der Waals surface area contributed by atoms with Gasteiger partial charge in [-0.2, -0.15) is 0 Å². The van der Waals surface area contributed by atoms with Crippen molar-refractivity contribution in [3.63, 3.8) is 0 Å². The quantitative estimate of drug-likeness (QED) is 0.838. The number of carbonyl (C=O) groups is 1. The molecule has 2 aliphatic carbocycles. The van der Waals surface area contributed by atoms with Gasteiger partial charge < -0.3 is 4.57 Å². The van der Waals surface area contributed by atoms with Gasteiger partial charge in [-0.15, -0.1) is 0 Å². The molecule has 0 atom stereocenters. The van der Waals surface area contributed by atoms with Gasteiger partial charge in [-0.3, -0.25) is 4.79 Å². The van der Waals surface area contributed by atoms with Gasteiger partial charge in [0, 0.05) is 24.1 Å². The molecule has 1 saturated carbocycles. The normalized spacial score (nSPS) is 17.8. The van der Waals surface area contributed by atoms with Crippen molar-refractivity contribution >= 4 is 17.4 Å². The first kappa shape index (κ1) is 11.2. The SMILES string of the molecule is O=C1CCc2cc(Cl)c(-n3cnc(C4CC4)c3)cc21. The lowest BCUT2D eigenvalue weighted by molar-refractivity contribution is 0.0994. The molecule has 0 radical (unpaired) electrons. The van der Waals surface area contributed by atoms with Gasteiger partial charge in [-0.1, -0.05) is 11.6 Å². The van der Waals surface area contributed by atoms with E-state index in [0.29, 0.717) is 17.4 Å². The Morgan fingerprint density at radius 1 is 1.26 bits per heavy atom. The van der Waals surface area contributed by atoms with Gasteiger partial charge in [0.15, 0.2) is 5.78 Å². The topological polar surface area (TPSA) is 34.9 Å². The summed E-state index contributed by atoms with van der Waals surface area (Å²) in [7, 11) is 0. The van der Waals surface area contributed by atoms with Crippen LogP contribution in [0.5, 0.6) is 0 Å². The molecule has 4 heteroatoms. The fourth-order valence-electron chi connectivity index (χ4n) is 2.71. The molecule has 3 nitrogen and oxygen atoms in total. The summed E-state index contributed by atoms with van der Waals surface area (Å²) >= 11 is 6.33. The van der Waals surface area contributed by atoms with Crippen molar-refractivity contribution in [1.82, 2.24) is 9.55 Å². The van der Waals surface area contributed by atoms with Crippen molar-refractivity contribution in [2.45, 2.75) is 31.6 Å². The third-order valence-electron chi connectivity index (χ3n) is 3.97. The van der Waals surface area contributed by atoms with Crippen LogP contribution < -0.4 is 0 Å². The molecular formula is C15H13ClN2O. The summed E-state index contributed by atoms with van der Waals surface area (Å²) in [5, 5.41) is 0.688. The fraction of sp³-hybridized carbons (Fsp3) is 0.333. The minimum Gasteiger partial charge on any atom is -0.304 e. The Morgan fingerprint density at radius 3 is 2.89 bits per heavy atom. The monoisotopic (exact) mass is 272 g/mol. The Kier molecular flexibility index (Phi) is 2.33. The number of imidazole rings is 1. The maximum atomic E-state index is 11.8. The molecule has 0 unspecified atom stereocenters. The summed E-state index contributed by atoms with van der Waals surface area (Å²) in [5.41, 5.74) is 3.88. The lowest BCUT2D eigenvalue weighted by Crippen LogP contribution is -1.97. The molecule has 1 heterocycles. The van der Waals surface area contributed by atoms with E-state index in [-0.39, 0.29) is 5.78 Å². The van der Waals surface area contributed by atoms with Crippen LogP contribution in [0.1, 0.15) is 46.8 Å². The van der Waals surface area contributed by atoms with Gasteiger partial charge >= 0.3 is 0 Å². The Morgan fingerprint density at radius 2 is 2.11 bits per heavy atom. The van der Waals surface area contributed by atoms with Crippen LogP contribution in [0.4, 0.5) is 0 Å². The molecule has 19 heavy (non-hydrogen) atoms. The highest BCUT2D eigenvalue weighted by molar-refractivity contribution is 6.32. The van der Waals surface area contributed by atoms with Gasteiger partial charge in [0.2, 0.25) is 0 Å². The number of fused-ring (bicyclic) bond motifs is 1. The molecule has 0 saturated heterocycles. The molecule has 96 valence electrons. The highest BCUT2D eigenvalue weighted by Gasteiger charge is 2.26. The van der Waals surface area contributed by atoms with Gasteiger partial charge in [0.1, 0.15) is 0 Å². The number of nitrogens with zero attached hydrogens (tertiary/aromatic N) is 2. The third kappa shape index (κ3) is 1.80. The fourth-order valence-corrected chi connectivity index (χ4v) is 2.99. The van der Waals surface area contributed by atoms with Crippen LogP contribution in [0.25, 0.3) is 5.69 Å². The largest absolute Gasteiger partial charge is 0.304 e. The first-order valence-electron chi connectivity index (χ1n) is 6.62. The van der Waals surface area contributed by atoms with Crippen molar-refractivity contribution < 1.29 is 4.79 Å². The van der Waals surface area contributed by atoms with Gasteiger partial charge in [-0.05, 0) is 37.0 Å². The van der Waals surface area contributed by atoms with E-state index >= 15 is 0 Å². The summed E-state index contributed by atoms with van der Waals surface area (Å²) in [6.45, 7) is 0. The van der Waals surface area contributed by atoms with Gasteiger partial charge in [-0.25, -0.2) is 4.98 Å². The molecule has 1 aromatic heterocycles. The zero-order chi connectivity index (χ0) is 13.0. The molecule has 0 spiro atoms. The van der Waals surface area contributed by atoms with Crippen LogP contribution in [-0.2, 0) is 6.42 Å². The van der Waals surface area contributed by atoms with Crippen molar-refractivity contribution in [3.8, 4) is 5.69 Å². The molecule has 4 rings (SSSR count). The summed E-state index contributed by atoms with van der Waals surface area (Å²) in [6.07, 6.45) is 7.70. The lowest BCUT2D eigenvalue weighted by Gasteiger charge is -2.07.